The topological polar surface area (TPSA) is 29.1 Å². The summed E-state index contributed by atoms with van der Waals surface area (Å²) >= 11 is 5.81. The molecule has 1 N–H and O–H groups in total. The van der Waals surface area contributed by atoms with Gasteiger partial charge in [-0.25, -0.2) is 0 Å². The molecule has 0 aliphatic heterocycles. The van der Waals surface area contributed by atoms with Crippen molar-refractivity contribution in [1.29, 1.82) is 0 Å². The van der Waals surface area contributed by atoms with Crippen molar-refractivity contribution in [2.24, 2.45) is 0 Å². The number of hydrogen-bond acceptors (Lipinski definition) is 1. The van der Waals surface area contributed by atoms with Gasteiger partial charge in [-0.05, 0) is 42.9 Å². The van der Waals surface area contributed by atoms with E-state index in [9.17, 15) is 4.79 Å². The third kappa shape index (κ3) is 4.52. The summed E-state index contributed by atoms with van der Waals surface area (Å²) in [6, 6.07) is 7.85. The van der Waals surface area contributed by atoms with Crippen LogP contribution in [-0.4, -0.2) is 17.3 Å². The largest absolute Gasteiger partial charge is 0.347 e. The van der Waals surface area contributed by atoms with Gasteiger partial charge in [-0.3, -0.25) is 4.79 Å². The van der Waals surface area contributed by atoms with Gasteiger partial charge < -0.3 is 5.32 Å². The Morgan fingerprint density at radius 1 is 1.15 bits per heavy atom. The molecule has 1 rings (SSSR count). The average Bonchev–Trinajstić information content (AvgIpc) is 2.38. The van der Waals surface area contributed by atoms with Gasteiger partial charge in [0, 0.05) is 17.0 Å². The second kappa shape index (κ2) is 6.62. The van der Waals surface area contributed by atoms with Crippen LogP contribution in [0.15, 0.2) is 24.3 Å². The summed E-state index contributed by atoms with van der Waals surface area (Å²) in [5.41, 5.74) is 1.80. The Labute approximate surface area is 127 Å². The highest BCUT2D eigenvalue weighted by atomic mass is 35.5. The lowest BCUT2D eigenvalue weighted by Crippen LogP contribution is -2.45. The monoisotopic (exact) mass is 295 g/mol. The van der Waals surface area contributed by atoms with Crippen LogP contribution in [-0.2, 0) is 5.41 Å². The first-order chi connectivity index (χ1) is 9.22. The number of hydrogen-bond donors (Lipinski definition) is 1. The maximum atomic E-state index is 12.3. The van der Waals surface area contributed by atoms with Crippen molar-refractivity contribution < 1.29 is 4.79 Å². The lowest BCUT2D eigenvalue weighted by atomic mass is 9.86. The second-order valence-electron chi connectivity index (χ2n) is 6.63. The molecule has 1 aromatic carbocycles. The molecule has 3 heteroatoms. The second-order valence-corrected chi connectivity index (χ2v) is 7.01. The molecule has 1 atom stereocenters. The van der Waals surface area contributed by atoms with E-state index in [4.69, 9.17) is 11.6 Å². The Hall–Kier alpha value is -1.02. The van der Waals surface area contributed by atoms with Crippen molar-refractivity contribution in [3.8, 4) is 0 Å². The molecule has 0 heterocycles. The van der Waals surface area contributed by atoms with Gasteiger partial charge in [0.2, 0.25) is 0 Å². The summed E-state index contributed by atoms with van der Waals surface area (Å²) in [4.78, 5) is 12.3. The highest BCUT2D eigenvalue weighted by molar-refractivity contribution is 6.17. The van der Waals surface area contributed by atoms with Gasteiger partial charge in [-0.1, -0.05) is 39.8 Å². The first-order valence-electron chi connectivity index (χ1n) is 7.21. The fourth-order valence-corrected chi connectivity index (χ4v) is 2.42. The molecule has 1 unspecified atom stereocenters. The van der Waals surface area contributed by atoms with Crippen LogP contribution >= 0.6 is 11.6 Å². The molecule has 112 valence electrons. The standard InChI is InChI=1S/C17H26ClNO/c1-6-17(5,11-12-18)19-15(20)13-7-9-14(10-8-13)16(2,3)4/h7-10H,6,11-12H2,1-5H3,(H,19,20). The minimum absolute atomic E-state index is 0.0278. The summed E-state index contributed by atoms with van der Waals surface area (Å²) in [6.45, 7) is 10.6. The van der Waals surface area contributed by atoms with Crippen molar-refractivity contribution in [3.05, 3.63) is 35.4 Å². The van der Waals surface area contributed by atoms with Gasteiger partial charge in [0.1, 0.15) is 0 Å². The zero-order valence-corrected chi connectivity index (χ0v) is 14.0. The van der Waals surface area contributed by atoms with Gasteiger partial charge in [0.05, 0.1) is 0 Å². The number of rotatable bonds is 5. The van der Waals surface area contributed by atoms with Gasteiger partial charge in [0.25, 0.3) is 5.91 Å². The molecule has 0 saturated carbocycles. The fourth-order valence-electron chi connectivity index (χ4n) is 2.00. The number of alkyl halides is 1. The predicted molar refractivity (Wildman–Crippen MR) is 86.6 cm³/mol. The molecular formula is C17H26ClNO. The third-order valence-corrected chi connectivity index (χ3v) is 4.04. The zero-order chi connectivity index (χ0) is 15.4. The number of nitrogens with one attached hydrogen (secondary N) is 1. The van der Waals surface area contributed by atoms with E-state index < -0.39 is 0 Å². The van der Waals surface area contributed by atoms with Crippen LogP contribution in [0.5, 0.6) is 0 Å². The number of amides is 1. The van der Waals surface area contributed by atoms with E-state index in [1.165, 1.54) is 5.56 Å². The minimum atomic E-state index is -0.235. The molecule has 1 aromatic rings. The molecule has 1 amide bonds. The Bertz CT molecular complexity index is 447. The van der Waals surface area contributed by atoms with Crippen LogP contribution in [0.1, 0.15) is 63.4 Å². The number of halogens is 1. The van der Waals surface area contributed by atoms with Crippen LogP contribution in [0.4, 0.5) is 0 Å². The van der Waals surface area contributed by atoms with Crippen molar-refractivity contribution >= 4 is 17.5 Å². The summed E-state index contributed by atoms with van der Waals surface area (Å²) in [7, 11) is 0. The highest BCUT2D eigenvalue weighted by Crippen LogP contribution is 2.22. The van der Waals surface area contributed by atoms with Gasteiger partial charge in [-0.2, -0.15) is 0 Å². The quantitative estimate of drug-likeness (QED) is 0.796. The maximum Gasteiger partial charge on any atom is 0.251 e. The smallest absolute Gasteiger partial charge is 0.251 e. The first-order valence-corrected chi connectivity index (χ1v) is 7.74. The van der Waals surface area contributed by atoms with E-state index >= 15 is 0 Å². The SMILES string of the molecule is CCC(C)(CCCl)NC(=O)c1ccc(C(C)(C)C)cc1. The maximum absolute atomic E-state index is 12.3. The van der Waals surface area contributed by atoms with E-state index in [1.54, 1.807) is 0 Å². The van der Waals surface area contributed by atoms with E-state index in [0.717, 1.165) is 12.8 Å². The van der Waals surface area contributed by atoms with Crippen LogP contribution < -0.4 is 5.32 Å². The summed E-state index contributed by atoms with van der Waals surface area (Å²) in [5.74, 6) is 0.521. The van der Waals surface area contributed by atoms with Crippen LogP contribution in [0.25, 0.3) is 0 Å². The Kier molecular flexibility index (Phi) is 5.64. The summed E-state index contributed by atoms with van der Waals surface area (Å²) < 4.78 is 0. The fraction of sp³-hybridized carbons (Fsp3) is 0.588. The molecule has 0 fully saturated rings. The molecule has 0 aliphatic carbocycles. The van der Waals surface area contributed by atoms with Crippen molar-refractivity contribution in [1.82, 2.24) is 5.32 Å². The molecule has 0 aliphatic rings. The van der Waals surface area contributed by atoms with E-state index in [-0.39, 0.29) is 16.9 Å². The highest BCUT2D eigenvalue weighted by Gasteiger charge is 2.24. The molecule has 0 bridgehead atoms. The molecule has 0 saturated heterocycles. The van der Waals surface area contributed by atoms with Crippen molar-refractivity contribution in [3.63, 3.8) is 0 Å². The summed E-state index contributed by atoms with van der Waals surface area (Å²) in [5, 5.41) is 3.10. The lowest BCUT2D eigenvalue weighted by molar-refractivity contribution is 0.0901. The first kappa shape index (κ1) is 17.0. The predicted octanol–water partition coefficient (Wildman–Crippen LogP) is 4.51. The van der Waals surface area contributed by atoms with Gasteiger partial charge >= 0.3 is 0 Å². The molecule has 0 radical (unpaired) electrons. The Morgan fingerprint density at radius 2 is 1.70 bits per heavy atom. The molecular weight excluding hydrogens is 270 g/mol. The third-order valence-electron chi connectivity index (χ3n) is 3.86. The molecule has 20 heavy (non-hydrogen) atoms. The Morgan fingerprint density at radius 3 is 2.10 bits per heavy atom. The normalized spacial score (nSPS) is 14.7. The molecule has 0 aromatic heterocycles. The van der Waals surface area contributed by atoms with Crippen LogP contribution in [0.2, 0.25) is 0 Å². The van der Waals surface area contributed by atoms with Crippen molar-refractivity contribution in [2.45, 2.75) is 58.4 Å². The van der Waals surface area contributed by atoms with E-state index in [1.807, 2.05) is 31.2 Å². The number of carbonyl (C=O) groups is 1. The lowest BCUT2D eigenvalue weighted by Gasteiger charge is -2.29. The summed E-state index contributed by atoms with van der Waals surface area (Å²) in [6.07, 6.45) is 1.64. The van der Waals surface area contributed by atoms with E-state index in [2.05, 4.69) is 33.0 Å². The zero-order valence-electron chi connectivity index (χ0n) is 13.2. The van der Waals surface area contributed by atoms with Gasteiger partial charge in [-0.15, -0.1) is 11.6 Å². The van der Waals surface area contributed by atoms with Gasteiger partial charge in [0.15, 0.2) is 0 Å². The molecule has 2 nitrogen and oxygen atoms in total. The molecule has 0 spiro atoms. The number of carbonyl (C=O) groups excluding carboxylic acids is 1. The van der Waals surface area contributed by atoms with E-state index in [0.29, 0.717) is 11.4 Å². The van der Waals surface area contributed by atoms with Crippen LogP contribution in [0.3, 0.4) is 0 Å². The number of benzene rings is 1. The van der Waals surface area contributed by atoms with Crippen LogP contribution in [0, 0.1) is 0 Å². The average molecular weight is 296 g/mol. The van der Waals surface area contributed by atoms with Crippen molar-refractivity contribution in [2.75, 3.05) is 5.88 Å². The Balaban J connectivity index is 2.83. The minimum Gasteiger partial charge on any atom is -0.347 e.